The van der Waals surface area contributed by atoms with Crippen LogP contribution >= 0.6 is 0 Å². The highest BCUT2D eigenvalue weighted by Gasteiger charge is 1.97. The summed E-state index contributed by atoms with van der Waals surface area (Å²) in [5.41, 5.74) is 1.37. The summed E-state index contributed by atoms with van der Waals surface area (Å²) in [6, 6.07) is 10.4. The van der Waals surface area contributed by atoms with Crippen LogP contribution in [0.25, 0.3) is 0 Å². The Morgan fingerprint density at radius 3 is 2.50 bits per heavy atom. The zero-order valence-corrected chi connectivity index (χ0v) is 8.83. The number of ketones is 1. The van der Waals surface area contributed by atoms with Gasteiger partial charge in [0.2, 0.25) is 0 Å². The Kier molecular flexibility index (Phi) is 4.98. The first-order chi connectivity index (χ1) is 6.83. The SMILES string of the molecule is CCC(=O)CCCCc1ccccc1. The Morgan fingerprint density at radius 2 is 1.86 bits per heavy atom. The van der Waals surface area contributed by atoms with E-state index in [1.807, 2.05) is 13.0 Å². The van der Waals surface area contributed by atoms with Gasteiger partial charge in [-0.25, -0.2) is 0 Å². The van der Waals surface area contributed by atoms with Crippen molar-refractivity contribution in [2.24, 2.45) is 0 Å². The lowest BCUT2D eigenvalue weighted by atomic mass is 10.1. The smallest absolute Gasteiger partial charge is 0.132 e. The van der Waals surface area contributed by atoms with Gasteiger partial charge in [0, 0.05) is 12.8 Å². The Bertz CT molecular complexity index is 264. The van der Waals surface area contributed by atoms with Crippen LogP contribution in [-0.2, 0) is 11.2 Å². The predicted octanol–water partition coefficient (Wildman–Crippen LogP) is 3.38. The van der Waals surface area contributed by atoms with Crippen molar-refractivity contribution < 1.29 is 4.79 Å². The third-order valence-corrected chi connectivity index (χ3v) is 2.41. The molecule has 0 bridgehead atoms. The molecule has 0 radical (unpaired) electrons. The summed E-state index contributed by atoms with van der Waals surface area (Å²) in [4.78, 5) is 11.0. The van der Waals surface area contributed by atoms with E-state index in [-0.39, 0.29) is 0 Å². The van der Waals surface area contributed by atoms with Gasteiger partial charge in [0.1, 0.15) is 5.78 Å². The van der Waals surface area contributed by atoms with Crippen LogP contribution in [0.3, 0.4) is 0 Å². The Balaban J connectivity index is 2.13. The molecule has 0 heterocycles. The molecule has 0 saturated carbocycles. The normalized spacial score (nSPS) is 10.1. The lowest BCUT2D eigenvalue weighted by Gasteiger charge is -2.00. The molecule has 1 heteroatoms. The average molecular weight is 190 g/mol. The van der Waals surface area contributed by atoms with Gasteiger partial charge in [-0.3, -0.25) is 4.79 Å². The third-order valence-electron chi connectivity index (χ3n) is 2.41. The molecule has 1 rings (SSSR count). The van der Waals surface area contributed by atoms with Crippen molar-refractivity contribution in [3.8, 4) is 0 Å². The van der Waals surface area contributed by atoms with Crippen molar-refractivity contribution >= 4 is 5.78 Å². The second-order valence-electron chi connectivity index (χ2n) is 3.58. The number of hydrogen-bond donors (Lipinski definition) is 0. The van der Waals surface area contributed by atoms with E-state index in [1.165, 1.54) is 5.56 Å². The minimum atomic E-state index is 0.387. The van der Waals surface area contributed by atoms with Crippen molar-refractivity contribution in [2.75, 3.05) is 0 Å². The molecule has 0 aliphatic rings. The molecule has 0 unspecified atom stereocenters. The molecule has 0 N–H and O–H groups in total. The quantitative estimate of drug-likeness (QED) is 0.628. The summed E-state index contributed by atoms with van der Waals surface area (Å²) in [6.07, 6.45) is 4.68. The molecule has 0 fully saturated rings. The Labute approximate surface area is 86.1 Å². The maximum absolute atomic E-state index is 11.0. The summed E-state index contributed by atoms with van der Waals surface area (Å²) in [7, 11) is 0. The second kappa shape index (κ2) is 6.36. The van der Waals surface area contributed by atoms with Gasteiger partial charge in [-0.1, -0.05) is 37.3 Å². The molecule has 0 saturated heterocycles. The molecular formula is C13H18O. The largest absolute Gasteiger partial charge is 0.300 e. The van der Waals surface area contributed by atoms with E-state index in [0.29, 0.717) is 12.2 Å². The molecule has 0 amide bonds. The van der Waals surface area contributed by atoms with Crippen molar-refractivity contribution in [1.29, 1.82) is 0 Å². The summed E-state index contributed by atoms with van der Waals surface area (Å²) in [5.74, 6) is 0.387. The second-order valence-corrected chi connectivity index (χ2v) is 3.58. The van der Waals surface area contributed by atoms with E-state index < -0.39 is 0 Å². The van der Waals surface area contributed by atoms with Crippen LogP contribution in [0.2, 0.25) is 0 Å². The summed E-state index contributed by atoms with van der Waals surface area (Å²) < 4.78 is 0. The number of unbranched alkanes of at least 4 members (excludes halogenated alkanes) is 1. The molecule has 1 nitrogen and oxygen atoms in total. The maximum Gasteiger partial charge on any atom is 0.132 e. The van der Waals surface area contributed by atoms with Gasteiger partial charge in [-0.15, -0.1) is 0 Å². The predicted molar refractivity (Wildman–Crippen MR) is 59.3 cm³/mol. The van der Waals surface area contributed by atoms with Gasteiger partial charge in [-0.05, 0) is 24.8 Å². The fraction of sp³-hybridized carbons (Fsp3) is 0.462. The van der Waals surface area contributed by atoms with E-state index >= 15 is 0 Å². The molecule has 0 aliphatic carbocycles. The van der Waals surface area contributed by atoms with E-state index in [4.69, 9.17) is 0 Å². The fourth-order valence-corrected chi connectivity index (χ4v) is 1.47. The van der Waals surface area contributed by atoms with E-state index in [0.717, 1.165) is 25.7 Å². The van der Waals surface area contributed by atoms with Crippen LogP contribution in [0, 0.1) is 0 Å². The average Bonchev–Trinajstić information content (AvgIpc) is 2.25. The van der Waals surface area contributed by atoms with Crippen LogP contribution in [0.4, 0.5) is 0 Å². The number of benzene rings is 1. The van der Waals surface area contributed by atoms with Crippen molar-refractivity contribution in [3.63, 3.8) is 0 Å². The maximum atomic E-state index is 11.0. The van der Waals surface area contributed by atoms with Gasteiger partial charge in [0.15, 0.2) is 0 Å². The zero-order valence-electron chi connectivity index (χ0n) is 8.83. The summed E-state index contributed by atoms with van der Waals surface area (Å²) in [5, 5.41) is 0. The summed E-state index contributed by atoms with van der Waals surface area (Å²) in [6.45, 7) is 1.93. The first-order valence-electron chi connectivity index (χ1n) is 5.38. The van der Waals surface area contributed by atoms with Crippen molar-refractivity contribution in [2.45, 2.75) is 39.0 Å². The topological polar surface area (TPSA) is 17.1 Å². The molecule has 0 atom stereocenters. The van der Waals surface area contributed by atoms with Crippen LogP contribution < -0.4 is 0 Å². The lowest BCUT2D eigenvalue weighted by molar-refractivity contribution is -0.118. The van der Waals surface area contributed by atoms with Crippen LogP contribution in [0.5, 0.6) is 0 Å². The highest BCUT2D eigenvalue weighted by atomic mass is 16.1. The summed E-state index contributed by atoms with van der Waals surface area (Å²) >= 11 is 0. The lowest BCUT2D eigenvalue weighted by Crippen LogP contribution is -1.95. The minimum absolute atomic E-state index is 0.387. The molecule has 76 valence electrons. The van der Waals surface area contributed by atoms with Gasteiger partial charge in [0.05, 0.1) is 0 Å². The molecular weight excluding hydrogens is 172 g/mol. The highest BCUT2D eigenvalue weighted by Crippen LogP contribution is 2.06. The zero-order chi connectivity index (χ0) is 10.2. The van der Waals surface area contributed by atoms with E-state index in [1.54, 1.807) is 0 Å². The van der Waals surface area contributed by atoms with Crippen molar-refractivity contribution in [1.82, 2.24) is 0 Å². The fourth-order valence-electron chi connectivity index (χ4n) is 1.47. The molecule has 0 aromatic heterocycles. The van der Waals surface area contributed by atoms with Gasteiger partial charge >= 0.3 is 0 Å². The minimum Gasteiger partial charge on any atom is -0.300 e. The number of hydrogen-bond acceptors (Lipinski definition) is 1. The molecule has 1 aromatic rings. The number of carbonyl (C=O) groups is 1. The van der Waals surface area contributed by atoms with Crippen LogP contribution in [0.1, 0.15) is 38.2 Å². The van der Waals surface area contributed by atoms with Gasteiger partial charge in [0.25, 0.3) is 0 Å². The first kappa shape index (κ1) is 11.0. The van der Waals surface area contributed by atoms with Gasteiger partial charge in [-0.2, -0.15) is 0 Å². The number of rotatable bonds is 6. The number of carbonyl (C=O) groups excluding carboxylic acids is 1. The Hall–Kier alpha value is -1.11. The number of aryl methyl sites for hydroxylation is 1. The highest BCUT2D eigenvalue weighted by molar-refractivity contribution is 5.77. The van der Waals surface area contributed by atoms with E-state index in [9.17, 15) is 4.79 Å². The molecule has 14 heavy (non-hydrogen) atoms. The Morgan fingerprint density at radius 1 is 1.14 bits per heavy atom. The van der Waals surface area contributed by atoms with Gasteiger partial charge < -0.3 is 0 Å². The van der Waals surface area contributed by atoms with Crippen LogP contribution in [-0.4, -0.2) is 5.78 Å². The molecule has 1 aromatic carbocycles. The van der Waals surface area contributed by atoms with Crippen molar-refractivity contribution in [3.05, 3.63) is 35.9 Å². The first-order valence-corrected chi connectivity index (χ1v) is 5.38. The monoisotopic (exact) mass is 190 g/mol. The standard InChI is InChI=1S/C13H18O/c1-2-13(14)11-7-6-10-12-8-4-3-5-9-12/h3-5,8-9H,2,6-7,10-11H2,1H3. The molecule has 0 aliphatic heterocycles. The molecule has 0 spiro atoms. The van der Waals surface area contributed by atoms with E-state index in [2.05, 4.69) is 24.3 Å². The third kappa shape index (κ3) is 4.22. The van der Waals surface area contributed by atoms with Crippen LogP contribution in [0.15, 0.2) is 30.3 Å². The number of Topliss-reactive ketones (excluding diaryl/α,β-unsaturated/α-hetero) is 1.